The molecule has 0 fully saturated rings. The van der Waals surface area contributed by atoms with E-state index in [4.69, 9.17) is 5.41 Å². The van der Waals surface area contributed by atoms with E-state index >= 15 is 0 Å². The molecule has 3 rings (SSSR count). The first-order valence-corrected chi connectivity index (χ1v) is 9.34. The van der Waals surface area contributed by atoms with E-state index in [1.54, 1.807) is 0 Å². The molecule has 0 bridgehead atoms. The zero-order valence-corrected chi connectivity index (χ0v) is 17.1. The van der Waals surface area contributed by atoms with Crippen molar-refractivity contribution in [1.82, 2.24) is 4.57 Å². The number of hydrogen-bond acceptors (Lipinski definition) is 1. The average molecular weight is 347 g/mol. The Kier molecular flexibility index (Phi) is 4.34. The third-order valence-corrected chi connectivity index (χ3v) is 5.20. The van der Waals surface area contributed by atoms with Gasteiger partial charge in [-0.25, -0.2) is 0 Å². The van der Waals surface area contributed by atoms with Crippen LogP contribution in [-0.2, 0) is 10.8 Å². The second-order valence-corrected chi connectivity index (χ2v) is 9.16. The Morgan fingerprint density at radius 2 is 1.23 bits per heavy atom. The largest absolute Gasteiger partial charge is 0.308 e. The van der Waals surface area contributed by atoms with Gasteiger partial charge in [0.2, 0.25) is 0 Å². The molecule has 2 heteroatoms. The van der Waals surface area contributed by atoms with Gasteiger partial charge in [-0.2, -0.15) is 0 Å². The van der Waals surface area contributed by atoms with Gasteiger partial charge < -0.3 is 9.98 Å². The second kappa shape index (κ2) is 6.12. The van der Waals surface area contributed by atoms with Gasteiger partial charge in [0.15, 0.2) is 0 Å². The number of benzene rings is 2. The minimum Gasteiger partial charge on any atom is -0.308 e. The summed E-state index contributed by atoms with van der Waals surface area (Å²) in [5.74, 6) is 0. The van der Waals surface area contributed by atoms with Crippen LogP contribution in [-0.4, -0.2) is 10.8 Å². The third kappa shape index (κ3) is 2.98. The minimum atomic E-state index is 0.106. The van der Waals surface area contributed by atoms with Crippen LogP contribution in [0.4, 0.5) is 0 Å². The topological polar surface area (TPSA) is 28.8 Å². The highest BCUT2D eigenvalue weighted by Crippen LogP contribution is 2.37. The fourth-order valence-electron chi connectivity index (χ4n) is 3.51. The molecule has 0 amide bonds. The highest BCUT2D eigenvalue weighted by atomic mass is 15.0. The van der Waals surface area contributed by atoms with Crippen molar-refractivity contribution in [2.45, 2.75) is 59.3 Å². The van der Waals surface area contributed by atoms with Crippen molar-refractivity contribution in [1.29, 1.82) is 5.41 Å². The Labute approximate surface area is 157 Å². The minimum absolute atomic E-state index is 0.106. The van der Waals surface area contributed by atoms with E-state index in [0.717, 1.165) is 16.7 Å². The first-order chi connectivity index (χ1) is 12.1. The van der Waals surface area contributed by atoms with Gasteiger partial charge in [0.25, 0.3) is 0 Å². The monoisotopic (exact) mass is 346 g/mol. The number of rotatable bonds is 2. The molecule has 1 heterocycles. The first kappa shape index (κ1) is 18.4. The number of hydrogen-bond donors (Lipinski definition) is 1. The summed E-state index contributed by atoms with van der Waals surface area (Å²) in [5, 5.41) is 10.4. The molecule has 136 valence electrons. The van der Waals surface area contributed by atoms with Crippen molar-refractivity contribution < 1.29 is 0 Å². The first-order valence-electron chi connectivity index (χ1n) is 9.34. The Hall–Kier alpha value is -2.35. The van der Waals surface area contributed by atoms with Crippen LogP contribution >= 0.6 is 0 Å². The van der Waals surface area contributed by atoms with Gasteiger partial charge in [-0.1, -0.05) is 59.8 Å². The Morgan fingerprint density at radius 3 is 1.54 bits per heavy atom. The van der Waals surface area contributed by atoms with Gasteiger partial charge in [0.05, 0.1) is 16.7 Å². The normalized spacial score (nSPS) is 13.6. The molecule has 0 saturated carbocycles. The molecule has 0 aliphatic rings. The van der Waals surface area contributed by atoms with Gasteiger partial charge in [-0.3, -0.25) is 0 Å². The molecule has 3 aromatic rings. The fraction of sp³-hybridized carbons (Fsp3) is 0.375. The predicted molar refractivity (Wildman–Crippen MR) is 116 cm³/mol. The summed E-state index contributed by atoms with van der Waals surface area (Å²) in [6, 6.07) is 13.5. The Morgan fingerprint density at radius 1 is 0.808 bits per heavy atom. The molecule has 0 spiro atoms. The maximum Gasteiger partial charge on any atom is 0.0595 e. The molecular formula is C24H30N2. The highest BCUT2D eigenvalue weighted by Gasteiger charge is 2.20. The number of aromatic nitrogens is 1. The second-order valence-electron chi connectivity index (χ2n) is 9.16. The molecule has 0 radical (unpaired) electrons. The summed E-state index contributed by atoms with van der Waals surface area (Å²) >= 11 is 0. The van der Waals surface area contributed by atoms with E-state index in [1.165, 1.54) is 28.1 Å². The molecule has 0 aliphatic carbocycles. The SMILES string of the molecule is C/C=C(\C=N)n1c2ccc(C(C)(C)C)cc2c2cc(C(C)(C)C)ccc21. The van der Waals surface area contributed by atoms with Crippen molar-refractivity contribution in [2.75, 3.05) is 0 Å². The van der Waals surface area contributed by atoms with E-state index < -0.39 is 0 Å². The van der Waals surface area contributed by atoms with E-state index in [9.17, 15) is 0 Å². The van der Waals surface area contributed by atoms with Crippen molar-refractivity contribution in [3.63, 3.8) is 0 Å². The lowest BCUT2D eigenvalue weighted by atomic mass is 9.85. The van der Waals surface area contributed by atoms with E-state index in [2.05, 4.69) is 82.5 Å². The highest BCUT2D eigenvalue weighted by molar-refractivity contribution is 6.15. The number of nitrogens with zero attached hydrogens (tertiary/aromatic N) is 1. The standard InChI is InChI=1S/C24H30N2/c1-8-18(15-25)26-21-11-9-16(23(2,3)4)13-19(21)20-14-17(24(5,6)7)10-12-22(20)26/h8-15,25H,1-7H3/b18-8+,25-15?. The summed E-state index contributed by atoms with van der Waals surface area (Å²) in [4.78, 5) is 0. The van der Waals surface area contributed by atoms with Gasteiger partial charge in [0.1, 0.15) is 0 Å². The number of allylic oxidation sites excluding steroid dienone is 2. The smallest absolute Gasteiger partial charge is 0.0595 e. The number of fused-ring (bicyclic) bond motifs is 3. The van der Waals surface area contributed by atoms with E-state index in [-0.39, 0.29) is 10.8 Å². The van der Waals surface area contributed by atoms with Crippen LogP contribution in [0.3, 0.4) is 0 Å². The summed E-state index contributed by atoms with van der Waals surface area (Å²) in [7, 11) is 0. The van der Waals surface area contributed by atoms with Gasteiger partial charge >= 0.3 is 0 Å². The Bertz CT molecular complexity index is 947. The van der Waals surface area contributed by atoms with E-state index in [0.29, 0.717) is 0 Å². The average Bonchev–Trinajstić information content (AvgIpc) is 2.88. The lowest BCUT2D eigenvalue weighted by molar-refractivity contribution is 0.590. The molecular weight excluding hydrogens is 316 g/mol. The molecule has 1 N–H and O–H groups in total. The lowest BCUT2D eigenvalue weighted by Crippen LogP contribution is -2.10. The molecule has 0 aliphatic heterocycles. The van der Waals surface area contributed by atoms with Crippen LogP contribution in [0.25, 0.3) is 27.5 Å². The van der Waals surface area contributed by atoms with Crippen LogP contribution in [0.2, 0.25) is 0 Å². The van der Waals surface area contributed by atoms with Gasteiger partial charge in [-0.05, 0) is 53.1 Å². The zero-order chi connectivity index (χ0) is 19.3. The Balaban J connectivity index is 2.48. The third-order valence-electron chi connectivity index (χ3n) is 5.20. The maximum atomic E-state index is 7.86. The van der Waals surface area contributed by atoms with Crippen molar-refractivity contribution in [3.8, 4) is 0 Å². The summed E-state index contributed by atoms with van der Waals surface area (Å²) in [5.41, 5.74) is 6.11. The van der Waals surface area contributed by atoms with Crippen LogP contribution in [0.15, 0.2) is 42.5 Å². The molecule has 2 nitrogen and oxygen atoms in total. The molecule has 2 aromatic carbocycles. The summed E-state index contributed by atoms with van der Waals surface area (Å²) in [6.45, 7) is 15.5. The van der Waals surface area contributed by atoms with Crippen LogP contribution in [0.5, 0.6) is 0 Å². The summed E-state index contributed by atoms with van der Waals surface area (Å²) in [6.07, 6.45) is 3.44. The quantitative estimate of drug-likeness (QED) is 0.489. The van der Waals surface area contributed by atoms with Crippen molar-refractivity contribution >= 4 is 33.7 Å². The van der Waals surface area contributed by atoms with Gasteiger partial charge in [-0.15, -0.1) is 0 Å². The van der Waals surface area contributed by atoms with Gasteiger partial charge in [0, 0.05) is 17.0 Å². The van der Waals surface area contributed by atoms with Crippen molar-refractivity contribution in [2.24, 2.45) is 0 Å². The van der Waals surface area contributed by atoms with Crippen LogP contribution in [0.1, 0.15) is 59.6 Å². The fourth-order valence-corrected chi connectivity index (χ4v) is 3.51. The van der Waals surface area contributed by atoms with Crippen LogP contribution < -0.4 is 0 Å². The molecule has 0 saturated heterocycles. The number of nitrogens with one attached hydrogen (secondary N) is 1. The predicted octanol–water partition coefficient (Wildman–Crippen LogP) is 6.90. The molecule has 26 heavy (non-hydrogen) atoms. The molecule has 0 unspecified atom stereocenters. The zero-order valence-electron chi connectivity index (χ0n) is 17.1. The molecule has 1 aromatic heterocycles. The summed E-state index contributed by atoms with van der Waals surface area (Å²) < 4.78 is 2.20. The molecule has 0 atom stereocenters. The lowest BCUT2D eigenvalue weighted by Gasteiger charge is -2.19. The van der Waals surface area contributed by atoms with Crippen LogP contribution in [0, 0.1) is 5.41 Å². The van der Waals surface area contributed by atoms with E-state index in [1.807, 2.05) is 13.0 Å². The van der Waals surface area contributed by atoms with Crippen molar-refractivity contribution in [3.05, 3.63) is 53.6 Å². The maximum absolute atomic E-state index is 7.86.